The summed E-state index contributed by atoms with van der Waals surface area (Å²) in [6.07, 6.45) is 0. The molecule has 0 aromatic heterocycles. The lowest BCUT2D eigenvalue weighted by molar-refractivity contribution is 0.482. The first-order chi connectivity index (χ1) is 6.80. The van der Waals surface area contributed by atoms with E-state index in [0.29, 0.717) is 11.3 Å². The predicted molar refractivity (Wildman–Crippen MR) is 61.4 cm³/mol. The fraction of sp³-hybridized carbons (Fsp3) is 0.125. The van der Waals surface area contributed by atoms with Gasteiger partial charge in [-0.3, -0.25) is 4.55 Å². The van der Waals surface area contributed by atoms with Crippen LogP contribution in [0.5, 0.6) is 0 Å². The number of anilines is 1. The van der Waals surface area contributed by atoms with Gasteiger partial charge in [0, 0.05) is 5.69 Å². The van der Waals surface area contributed by atoms with Crippen molar-refractivity contribution < 1.29 is 13.0 Å². The molecule has 7 heteroatoms. The Morgan fingerprint density at radius 1 is 1.53 bits per heavy atom. The molecule has 82 valence electrons. The summed E-state index contributed by atoms with van der Waals surface area (Å²) in [7, 11) is -4.17. The molecule has 4 N–H and O–H groups in total. The van der Waals surface area contributed by atoms with Crippen molar-refractivity contribution in [3.63, 3.8) is 0 Å². The highest BCUT2D eigenvalue weighted by Gasteiger charge is 2.12. The largest absolute Gasteiger partial charge is 0.376 e. The van der Waals surface area contributed by atoms with E-state index in [1.165, 1.54) is 18.2 Å². The van der Waals surface area contributed by atoms with Gasteiger partial charge in [-0.2, -0.15) is 8.42 Å². The van der Waals surface area contributed by atoms with Crippen molar-refractivity contribution in [1.82, 2.24) is 0 Å². The average molecular weight is 246 g/mol. The molecule has 0 aliphatic heterocycles. The van der Waals surface area contributed by atoms with E-state index >= 15 is 0 Å². The SMILES string of the molecule is Cc1cc(NC(N)=S)ccc1S(=O)(=O)O. The molecule has 0 heterocycles. The molecule has 5 nitrogen and oxygen atoms in total. The Balaban J connectivity index is 3.15. The van der Waals surface area contributed by atoms with Gasteiger partial charge in [0.2, 0.25) is 0 Å². The Hall–Kier alpha value is -1.18. The molecule has 0 aliphatic rings. The van der Waals surface area contributed by atoms with Crippen LogP contribution >= 0.6 is 12.2 Å². The zero-order chi connectivity index (χ0) is 11.6. The van der Waals surface area contributed by atoms with Gasteiger partial charge in [-0.25, -0.2) is 0 Å². The van der Waals surface area contributed by atoms with E-state index < -0.39 is 10.1 Å². The quantitative estimate of drug-likeness (QED) is 0.530. The van der Waals surface area contributed by atoms with Crippen LogP contribution < -0.4 is 11.1 Å². The number of thiocarbonyl (C=S) groups is 1. The van der Waals surface area contributed by atoms with Gasteiger partial charge in [-0.15, -0.1) is 0 Å². The first kappa shape index (κ1) is 11.9. The number of nitrogens with two attached hydrogens (primary N) is 1. The summed E-state index contributed by atoms with van der Waals surface area (Å²) in [5.41, 5.74) is 6.24. The molecule has 0 atom stereocenters. The van der Waals surface area contributed by atoms with Crippen LogP contribution in [-0.4, -0.2) is 18.1 Å². The molecule has 0 radical (unpaired) electrons. The molecule has 0 bridgehead atoms. The number of aryl methyl sites for hydroxylation is 1. The molecule has 1 rings (SSSR count). The maximum Gasteiger partial charge on any atom is 0.294 e. The van der Waals surface area contributed by atoms with Crippen molar-refractivity contribution >= 4 is 33.1 Å². The third-order valence-corrected chi connectivity index (χ3v) is 2.84. The Morgan fingerprint density at radius 3 is 2.53 bits per heavy atom. The number of hydrogen-bond acceptors (Lipinski definition) is 3. The number of nitrogens with one attached hydrogen (secondary N) is 1. The summed E-state index contributed by atoms with van der Waals surface area (Å²) in [5, 5.41) is 2.75. The van der Waals surface area contributed by atoms with Gasteiger partial charge < -0.3 is 11.1 Å². The van der Waals surface area contributed by atoms with Crippen LogP contribution in [0.15, 0.2) is 23.1 Å². The lowest BCUT2D eigenvalue weighted by atomic mass is 10.2. The van der Waals surface area contributed by atoms with Gasteiger partial charge in [0.15, 0.2) is 5.11 Å². The van der Waals surface area contributed by atoms with Gasteiger partial charge in [-0.05, 0) is 42.9 Å². The summed E-state index contributed by atoms with van der Waals surface area (Å²) in [6.45, 7) is 1.56. The maximum absolute atomic E-state index is 10.9. The third-order valence-electron chi connectivity index (χ3n) is 1.72. The van der Waals surface area contributed by atoms with E-state index in [4.69, 9.17) is 10.3 Å². The van der Waals surface area contributed by atoms with Crippen molar-refractivity contribution in [3.05, 3.63) is 23.8 Å². The molecular formula is C8H10N2O3S2. The first-order valence-electron chi connectivity index (χ1n) is 3.95. The van der Waals surface area contributed by atoms with Gasteiger partial charge in [-0.1, -0.05) is 0 Å². The Morgan fingerprint density at radius 2 is 2.13 bits per heavy atom. The Kier molecular flexibility index (Phi) is 3.28. The normalized spacial score (nSPS) is 11.1. The summed E-state index contributed by atoms with van der Waals surface area (Å²) < 4.78 is 30.6. The van der Waals surface area contributed by atoms with Crippen molar-refractivity contribution in [2.75, 3.05) is 5.32 Å². The molecule has 0 aliphatic carbocycles. The predicted octanol–water partition coefficient (Wildman–Crippen LogP) is 0.897. The fourth-order valence-electron chi connectivity index (χ4n) is 1.16. The van der Waals surface area contributed by atoms with Crippen LogP contribution in [-0.2, 0) is 10.1 Å². The first-order valence-corrected chi connectivity index (χ1v) is 5.80. The highest BCUT2D eigenvalue weighted by molar-refractivity contribution is 7.85. The summed E-state index contributed by atoms with van der Waals surface area (Å²) >= 11 is 4.63. The van der Waals surface area contributed by atoms with Crippen molar-refractivity contribution in [2.45, 2.75) is 11.8 Å². The number of rotatable bonds is 2. The minimum atomic E-state index is -4.17. The van der Waals surface area contributed by atoms with E-state index in [1.807, 2.05) is 0 Å². The van der Waals surface area contributed by atoms with E-state index in [1.54, 1.807) is 6.92 Å². The average Bonchev–Trinajstić information content (AvgIpc) is 1.99. The van der Waals surface area contributed by atoms with Crippen LogP contribution in [0.4, 0.5) is 5.69 Å². The molecule has 15 heavy (non-hydrogen) atoms. The molecule has 0 saturated carbocycles. The molecule has 0 unspecified atom stereocenters. The second kappa shape index (κ2) is 4.13. The van der Waals surface area contributed by atoms with Crippen molar-refractivity contribution in [2.24, 2.45) is 5.73 Å². The topological polar surface area (TPSA) is 92.4 Å². The molecule has 1 aromatic carbocycles. The van der Waals surface area contributed by atoms with Crippen LogP contribution in [0.25, 0.3) is 0 Å². The number of hydrogen-bond donors (Lipinski definition) is 3. The summed E-state index contributed by atoms with van der Waals surface area (Å²) in [5.74, 6) is 0. The Bertz CT molecular complexity index is 497. The zero-order valence-corrected chi connectivity index (χ0v) is 9.52. The van der Waals surface area contributed by atoms with Gasteiger partial charge in [0.25, 0.3) is 10.1 Å². The smallest absolute Gasteiger partial charge is 0.294 e. The van der Waals surface area contributed by atoms with E-state index in [-0.39, 0.29) is 10.0 Å². The van der Waals surface area contributed by atoms with Crippen LogP contribution in [0.2, 0.25) is 0 Å². The molecule has 0 amide bonds. The minimum absolute atomic E-state index is 0.0917. The van der Waals surface area contributed by atoms with Gasteiger partial charge >= 0.3 is 0 Å². The lowest BCUT2D eigenvalue weighted by Crippen LogP contribution is -2.19. The molecule has 0 saturated heterocycles. The van der Waals surface area contributed by atoms with Crippen LogP contribution in [0, 0.1) is 6.92 Å². The highest BCUT2D eigenvalue weighted by Crippen LogP contribution is 2.19. The van der Waals surface area contributed by atoms with E-state index in [9.17, 15) is 8.42 Å². The second-order valence-electron chi connectivity index (χ2n) is 2.94. The maximum atomic E-state index is 10.9. The lowest BCUT2D eigenvalue weighted by Gasteiger charge is -2.07. The van der Waals surface area contributed by atoms with Crippen molar-refractivity contribution in [1.29, 1.82) is 0 Å². The fourth-order valence-corrected chi connectivity index (χ4v) is 1.98. The summed E-state index contributed by atoms with van der Waals surface area (Å²) in [6, 6.07) is 4.28. The molecule has 1 aromatic rings. The standard InChI is InChI=1S/C8H10N2O3S2/c1-5-4-6(10-8(9)14)2-3-7(5)15(11,12)13/h2-4H,1H3,(H3,9,10,14)(H,11,12,13). The minimum Gasteiger partial charge on any atom is -0.376 e. The zero-order valence-electron chi connectivity index (χ0n) is 7.89. The second-order valence-corrected chi connectivity index (χ2v) is 4.77. The van der Waals surface area contributed by atoms with Crippen LogP contribution in [0.1, 0.15) is 5.56 Å². The Labute approximate surface area is 93.0 Å². The van der Waals surface area contributed by atoms with E-state index in [0.717, 1.165) is 0 Å². The number of benzene rings is 1. The van der Waals surface area contributed by atoms with E-state index in [2.05, 4.69) is 17.5 Å². The molecule has 0 spiro atoms. The molecular weight excluding hydrogens is 236 g/mol. The van der Waals surface area contributed by atoms with Gasteiger partial charge in [0.05, 0.1) is 4.90 Å². The summed E-state index contributed by atoms with van der Waals surface area (Å²) in [4.78, 5) is -0.129. The third kappa shape index (κ3) is 3.15. The van der Waals surface area contributed by atoms with Crippen molar-refractivity contribution in [3.8, 4) is 0 Å². The van der Waals surface area contributed by atoms with Crippen LogP contribution in [0.3, 0.4) is 0 Å². The monoisotopic (exact) mass is 246 g/mol. The molecule has 0 fully saturated rings. The van der Waals surface area contributed by atoms with Gasteiger partial charge in [0.1, 0.15) is 0 Å². The highest BCUT2D eigenvalue weighted by atomic mass is 32.2.